The van der Waals surface area contributed by atoms with Crippen LogP contribution < -0.4 is 5.32 Å². The molecule has 1 N–H and O–H groups in total. The van der Waals surface area contributed by atoms with Crippen molar-refractivity contribution in [2.24, 2.45) is 0 Å². The molecule has 0 spiro atoms. The number of unbranched alkanes of at least 4 members (excludes halogenated alkanes) is 1. The number of hydrogen-bond acceptors (Lipinski definition) is 5. The van der Waals surface area contributed by atoms with Crippen LogP contribution in [-0.4, -0.2) is 58.1 Å². The van der Waals surface area contributed by atoms with Gasteiger partial charge in [-0.3, -0.25) is 10.1 Å². The lowest BCUT2D eigenvalue weighted by Gasteiger charge is -2.38. The van der Waals surface area contributed by atoms with Crippen LogP contribution in [0.3, 0.4) is 0 Å². The predicted molar refractivity (Wildman–Crippen MR) is 95.3 cm³/mol. The van der Waals surface area contributed by atoms with Crippen molar-refractivity contribution in [1.82, 2.24) is 20.0 Å². The van der Waals surface area contributed by atoms with Gasteiger partial charge < -0.3 is 9.80 Å². The lowest BCUT2D eigenvalue weighted by atomic mass is 9.98. The van der Waals surface area contributed by atoms with Gasteiger partial charge in [-0.05, 0) is 6.42 Å². The van der Waals surface area contributed by atoms with E-state index in [4.69, 9.17) is 0 Å². The van der Waals surface area contributed by atoms with Gasteiger partial charge in [0, 0.05) is 25.6 Å². The first-order valence-corrected chi connectivity index (χ1v) is 9.22. The van der Waals surface area contributed by atoms with Gasteiger partial charge in [0.1, 0.15) is 11.0 Å². The number of carbonyl (C=O) groups is 2. The average molecular weight is 353 g/mol. The SMILES string of the molecule is CCCC[C@H]1C(=O)N(C)CCN1C(=O)Nc1nnc(C(C)(C)C)s1. The highest BCUT2D eigenvalue weighted by atomic mass is 32.1. The van der Waals surface area contributed by atoms with Gasteiger partial charge in [-0.15, -0.1) is 10.2 Å². The minimum Gasteiger partial charge on any atom is -0.342 e. The van der Waals surface area contributed by atoms with Gasteiger partial charge in [0.25, 0.3) is 0 Å². The molecule has 24 heavy (non-hydrogen) atoms. The minimum absolute atomic E-state index is 0.0116. The van der Waals surface area contributed by atoms with E-state index in [0.29, 0.717) is 24.6 Å². The van der Waals surface area contributed by atoms with Crippen LogP contribution in [0, 0.1) is 0 Å². The highest BCUT2D eigenvalue weighted by Crippen LogP contribution is 2.28. The second-order valence-electron chi connectivity index (χ2n) is 7.20. The number of carbonyl (C=O) groups excluding carboxylic acids is 2. The van der Waals surface area contributed by atoms with Crippen molar-refractivity contribution in [1.29, 1.82) is 0 Å². The van der Waals surface area contributed by atoms with Gasteiger partial charge in [0.2, 0.25) is 11.0 Å². The van der Waals surface area contributed by atoms with E-state index in [9.17, 15) is 9.59 Å². The fraction of sp³-hybridized carbons (Fsp3) is 0.750. The van der Waals surface area contributed by atoms with Crippen molar-refractivity contribution < 1.29 is 9.59 Å². The molecule has 0 aromatic carbocycles. The molecule has 1 aromatic rings. The van der Waals surface area contributed by atoms with Gasteiger partial charge in [0.05, 0.1) is 0 Å². The standard InChI is InChI=1S/C16H27N5O2S/c1-6-7-8-11-12(22)20(5)9-10-21(11)15(23)17-14-19-18-13(24-14)16(2,3)4/h11H,6-10H2,1-5H3,(H,17,19,23)/t11-/m0/s1. The third-order valence-electron chi connectivity index (χ3n) is 4.09. The van der Waals surface area contributed by atoms with Crippen LogP contribution in [0.1, 0.15) is 52.0 Å². The number of amides is 3. The second kappa shape index (κ2) is 7.46. The Morgan fingerprint density at radius 1 is 1.33 bits per heavy atom. The summed E-state index contributed by atoms with van der Waals surface area (Å²) in [4.78, 5) is 28.4. The molecule has 0 aliphatic carbocycles. The van der Waals surface area contributed by atoms with E-state index in [2.05, 4.69) is 43.2 Å². The summed E-state index contributed by atoms with van der Waals surface area (Å²) in [6, 6.07) is -0.659. The second-order valence-corrected chi connectivity index (χ2v) is 8.18. The molecule has 2 rings (SSSR count). The molecule has 1 aromatic heterocycles. The van der Waals surface area contributed by atoms with Crippen LogP contribution >= 0.6 is 11.3 Å². The molecule has 0 saturated carbocycles. The van der Waals surface area contributed by atoms with Crippen molar-refractivity contribution in [3.05, 3.63) is 5.01 Å². The molecule has 0 bridgehead atoms. The number of piperazine rings is 1. The van der Waals surface area contributed by atoms with E-state index in [1.807, 2.05) is 0 Å². The molecule has 2 heterocycles. The molecule has 1 saturated heterocycles. The Hall–Kier alpha value is -1.70. The highest BCUT2D eigenvalue weighted by molar-refractivity contribution is 7.15. The van der Waals surface area contributed by atoms with Crippen molar-refractivity contribution in [2.75, 3.05) is 25.5 Å². The molecular weight excluding hydrogens is 326 g/mol. The zero-order valence-electron chi connectivity index (χ0n) is 15.1. The quantitative estimate of drug-likeness (QED) is 0.903. The van der Waals surface area contributed by atoms with Gasteiger partial charge in [-0.1, -0.05) is 51.9 Å². The average Bonchev–Trinajstić information content (AvgIpc) is 2.97. The first-order chi connectivity index (χ1) is 11.2. The topological polar surface area (TPSA) is 78.4 Å². The number of likely N-dealkylation sites (N-methyl/N-ethyl adjacent to an activating group) is 1. The molecule has 1 fully saturated rings. The summed E-state index contributed by atoms with van der Waals surface area (Å²) in [5.74, 6) is 0.0116. The lowest BCUT2D eigenvalue weighted by Crippen LogP contribution is -2.58. The van der Waals surface area contributed by atoms with E-state index in [0.717, 1.165) is 17.8 Å². The maximum Gasteiger partial charge on any atom is 0.324 e. The summed E-state index contributed by atoms with van der Waals surface area (Å²) in [6.45, 7) is 9.33. The van der Waals surface area contributed by atoms with E-state index >= 15 is 0 Å². The first-order valence-electron chi connectivity index (χ1n) is 8.40. The zero-order chi connectivity index (χ0) is 17.9. The smallest absolute Gasteiger partial charge is 0.324 e. The summed E-state index contributed by atoms with van der Waals surface area (Å²) >= 11 is 1.38. The molecule has 0 unspecified atom stereocenters. The van der Waals surface area contributed by atoms with E-state index < -0.39 is 6.04 Å². The van der Waals surface area contributed by atoms with Gasteiger partial charge in [-0.2, -0.15) is 0 Å². The van der Waals surface area contributed by atoms with Crippen LogP contribution in [0.25, 0.3) is 0 Å². The van der Waals surface area contributed by atoms with Gasteiger partial charge in [-0.25, -0.2) is 4.79 Å². The Morgan fingerprint density at radius 3 is 2.62 bits per heavy atom. The van der Waals surface area contributed by atoms with Gasteiger partial charge in [0.15, 0.2) is 0 Å². The fourth-order valence-electron chi connectivity index (χ4n) is 2.57. The van der Waals surface area contributed by atoms with Crippen LogP contribution in [0.5, 0.6) is 0 Å². The third-order valence-corrected chi connectivity index (χ3v) is 5.35. The molecular formula is C16H27N5O2S. The molecule has 7 nitrogen and oxygen atoms in total. The fourth-order valence-corrected chi connectivity index (χ4v) is 3.36. The largest absolute Gasteiger partial charge is 0.342 e. The minimum atomic E-state index is -0.390. The molecule has 1 atom stereocenters. The van der Waals surface area contributed by atoms with Gasteiger partial charge >= 0.3 is 6.03 Å². The van der Waals surface area contributed by atoms with E-state index in [1.54, 1.807) is 16.8 Å². The Balaban J connectivity index is 2.08. The molecule has 3 amide bonds. The number of nitrogens with zero attached hydrogens (tertiary/aromatic N) is 4. The summed E-state index contributed by atoms with van der Waals surface area (Å²) in [5, 5.41) is 12.3. The lowest BCUT2D eigenvalue weighted by molar-refractivity contribution is -0.138. The maximum absolute atomic E-state index is 12.6. The van der Waals surface area contributed by atoms with Crippen molar-refractivity contribution in [3.8, 4) is 0 Å². The number of anilines is 1. The normalized spacial score (nSPS) is 18.9. The van der Waals surface area contributed by atoms with Crippen molar-refractivity contribution >= 4 is 28.4 Å². The maximum atomic E-state index is 12.6. The third kappa shape index (κ3) is 4.23. The summed E-state index contributed by atoms with van der Waals surface area (Å²) < 4.78 is 0. The summed E-state index contributed by atoms with van der Waals surface area (Å²) in [7, 11) is 1.79. The Labute approximate surface area is 147 Å². The Bertz CT molecular complexity index is 596. The van der Waals surface area contributed by atoms with Crippen LogP contribution in [0.2, 0.25) is 0 Å². The number of rotatable bonds is 4. The molecule has 1 aliphatic heterocycles. The Kier molecular flexibility index (Phi) is 5.79. The highest BCUT2D eigenvalue weighted by Gasteiger charge is 2.35. The molecule has 0 radical (unpaired) electrons. The van der Waals surface area contributed by atoms with E-state index in [1.165, 1.54) is 11.3 Å². The number of urea groups is 1. The number of nitrogens with one attached hydrogen (secondary N) is 1. The van der Waals surface area contributed by atoms with Crippen LogP contribution in [0.4, 0.5) is 9.93 Å². The molecule has 134 valence electrons. The molecule has 8 heteroatoms. The van der Waals surface area contributed by atoms with Crippen molar-refractivity contribution in [2.45, 2.75) is 58.4 Å². The van der Waals surface area contributed by atoms with E-state index in [-0.39, 0.29) is 17.4 Å². The summed E-state index contributed by atoms with van der Waals surface area (Å²) in [5.41, 5.74) is -0.103. The Morgan fingerprint density at radius 2 is 2.04 bits per heavy atom. The first kappa shape index (κ1) is 18.6. The van der Waals surface area contributed by atoms with Crippen LogP contribution in [0.15, 0.2) is 0 Å². The predicted octanol–water partition coefficient (Wildman–Crippen LogP) is 2.70. The monoisotopic (exact) mass is 353 g/mol. The van der Waals surface area contributed by atoms with Crippen molar-refractivity contribution in [3.63, 3.8) is 0 Å². The van der Waals surface area contributed by atoms with Crippen LogP contribution in [-0.2, 0) is 10.2 Å². The number of aromatic nitrogens is 2. The zero-order valence-corrected chi connectivity index (χ0v) is 15.9. The summed E-state index contributed by atoms with van der Waals surface area (Å²) in [6.07, 6.45) is 2.60. The number of hydrogen-bond donors (Lipinski definition) is 1. The molecule has 1 aliphatic rings.